The molecule has 0 aromatic carbocycles. The lowest BCUT2D eigenvalue weighted by Crippen LogP contribution is -2.40. The molecule has 1 fully saturated rings. The molecule has 2 atom stereocenters. The molecule has 2 N–H and O–H groups in total. The summed E-state index contributed by atoms with van der Waals surface area (Å²) in [5, 5.41) is 11.9. The zero-order chi connectivity index (χ0) is 12.9. The summed E-state index contributed by atoms with van der Waals surface area (Å²) < 4.78 is 10.4. The topological polar surface area (TPSA) is 67.8 Å². The van der Waals surface area contributed by atoms with Crippen molar-refractivity contribution in [3.8, 4) is 0 Å². The molecule has 1 saturated heterocycles. The fourth-order valence-corrected chi connectivity index (χ4v) is 1.84. The third-order valence-corrected chi connectivity index (χ3v) is 2.77. The van der Waals surface area contributed by atoms with Crippen LogP contribution in [0.25, 0.3) is 0 Å². The largest absolute Gasteiger partial charge is 0.444 e. The van der Waals surface area contributed by atoms with Crippen molar-refractivity contribution in [3.05, 3.63) is 0 Å². The molecule has 1 rings (SSSR count). The van der Waals surface area contributed by atoms with Crippen LogP contribution < -0.4 is 5.32 Å². The molecule has 0 bridgehead atoms. The fourth-order valence-electron chi connectivity index (χ4n) is 1.84. The highest BCUT2D eigenvalue weighted by atomic mass is 16.6. The number of aliphatic hydroxyl groups is 1. The van der Waals surface area contributed by atoms with Crippen LogP contribution in [-0.4, -0.2) is 43.2 Å². The minimum Gasteiger partial charge on any atom is -0.444 e. The third kappa shape index (κ3) is 5.37. The first-order valence-corrected chi connectivity index (χ1v) is 6.08. The highest BCUT2D eigenvalue weighted by molar-refractivity contribution is 5.67. The van der Waals surface area contributed by atoms with Gasteiger partial charge in [-0.3, -0.25) is 0 Å². The summed E-state index contributed by atoms with van der Waals surface area (Å²) >= 11 is 0. The van der Waals surface area contributed by atoms with Crippen LogP contribution in [0.1, 0.15) is 27.2 Å². The number of carbonyl (C=O) groups is 1. The van der Waals surface area contributed by atoms with Gasteiger partial charge in [-0.15, -0.1) is 0 Å². The van der Waals surface area contributed by atoms with E-state index in [0.717, 1.165) is 6.42 Å². The maximum atomic E-state index is 11.5. The number of rotatable bonds is 3. The van der Waals surface area contributed by atoms with Gasteiger partial charge in [-0.05, 0) is 33.1 Å². The number of hydrogen-bond acceptors (Lipinski definition) is 4. The van der Waals surface area contributed by atoms with E-state index in [1.807, 2.05) is 20.8 Å². The number of nitrogens with one attached hydrogen (secondary N) is 1. The quantitative estimate of drug-likeness (QED) is 0.783. The molecular weight excluding hydrogens is 222 g/mol. The molecule has 0 unspecified atom stereocenters. The number of aliphatic hydroxyl groups excluding tert-OH is 1. The Hall–Kier alpha value is -0.810. The Labute approximate surface area is 102 Å². The zero-order valence-corrected chi connectivity index (χ0v) is 10.9. The summed E-state index contributed by atoms with van der Waals surface area (Å²) in [5.74, 6) is 0.375. The molecule has 0 aromatic heterocycles. The Morgan fingerprint density at radius 2 is 2.18 bits per heavy atom. The zero-order valence-electron chi connectivity index (χ0n) is 10.9. The van der Waals surface area contributed by atoms with Crippen LogP contribution in [0.2, 0.25) is 0 Å². The van der Waals surface area contributed by atoms with Gasteiger partial charge in [0.05, 0.1) is 6.61 Å². The molecule has 1 amide bonds. The summed E-state index contributed by atoms with van der Waals surface area (Å²) in [6.07, 6.45) is 0.460. The highest BCUT2D eigenvalue weighted by Crippen LogP contribution is 2.20. The third-order valence-electron chi connectivity index (χ3n) is 2.77. The lowest BCUT2D eigenvalue weighted by Gasteiger charge is -2.30. The van der Waals surface area contributed by atoms with E-state index in [9.17, 15) is 9.90 Å². The van der Waals surface area contributed by atoms with Crippen LogP contribution in [0.15, 0.2) is 0 Å². The number of amides is 1. The van der Waals surface area contributed by atoms with Crippen molar-refractivity contribution in [1.82, 2.24) is 5.32 Å². The number of ether oxygens (including phenoxy) is 2. The average Bonchev–Trinajstić information content (AvgIpc) is 2.24. The van der Waals surface area contributed by atoms with Gasteiger partial charge in [0, 0.05) is 25.7 Å². The summed E-state index contributed by atoms with van der Waals surface area (Å²) in [4.78, 5) is 11.5. The number of alkyl carbamates (subject to hydrolysis) is 1. The average molecular weight is 245 g/mol. The fraction of sp³-hybridized carbons (Fsp3) is 0.917. The van der Waals surface area contributed by atoms with Gasteiger partial charge in [0.25, 0.3) is 0 Å². The maximum absolute atomic E-state index is 11.5. The maximum Gasteiger partial charge on any atom is 0.407 e. The molecule has 5 heteroatoms. The van der Waals surface area contributed by atoms with E-state index >= 15 is 0 Å². The Balaban J connectivity index is 2.31. The molecule has 1 heterocycles. The van der Waals surface area contributed by atoms with Crippen LogP contribution in [0, 0.1) is 11.8 Å². The normalized spacial score (nSPS) is 25.4. The summed E-state index contributed by atoms with van der Waals surface area (Å²) in [6.45, 7) is 7.38. The van der Waals surface area contributed by atoms with Gasteiger partial charge in [-0.1, -0.05) is 0 Å². The van der Waals surface area contributed by atoms with E-state index in [-0.39, 0.29) is 18.4 Å². The molecule has 100 valence electrons. The van der Waals surface area contributed by atoms with E-state index in [2.05, 4.69) is 5.32 Å². The number of hydrogen-bond donors (Lipinski definition) is 2. The standard InChI is InChI=1S/C12H23NO4/c1-12(2,3)17-11(15)13-6-9-4-5-16-8-10(9)7-14/h9-10,14H,4-8H2,1-3H3,(H,13,15)/t9-,10-/m0/s1. The molecule has 1 aliphatic heterocycles. The van der Waals surface area contributed by atoms with Crippen molar-refractivity contribution in [3.63, 3.8) is 0 Å². The molecule has 17 heavy (non-hydrogen) atoms. The molecule has 0 saturated carbocycles. The van der Waals surface area contributed by atoms with E-state index in [4.69, 9.17) is 9.47 Å². The van der Waals surface area contributed by atoms with Crippen LogP contribution >= 0.6 is 0 Å². The van der Waals surface area contributed by atoms with E-state index in [1.54, 1.807) is 0 Å². The van der Waals surface area contributed by atoms with Gasteiger partial charge < -0.3 is 19.9 Å². The van der Waals surface area contributed by atoms with E-state index < -0.39 is 11.7 Å². The van der Waals surface area contributed by atoms with Crippen LogP contribution in [0.4, 0.5) is 4.79 Å². The molecule has 1 aliphatic rings. The van der Waals surface area contributed by atoms with Crippen molar-refractivity contribution >= 4 is 6.09 Å². The first kappa shape index (κ1) is 14.3. The van der Waals surface area contributed by atoms with Crippen molar-refractivity contribution in [2.24, 2.45) is 11.8 Å². The molecule has 5 nitrogen and oxygen atoms in total. The molecule has 0 spiro atoms. The van der Waals surface area contributed by atoms with Gasteiger partial charge in [0.15, 0.2) is 0 Å². The Bertz CT molecular complexity index is 249. The summed E-state index contributed by atoms with van der Waals surface area (Å²) in [7, 11) is 0. The van der Waals surface area contributed by atoms with Crippen LogP contribution in [-0.2, 0) is 9.47 Å². The van der Waals surface area contributed by atoms with Gasteiger partial charge >= 0.3 is 6.09 Å². The predicted molar refractivity (Wildman–Crippen MR) is 63.7 cm³/mol. The van der Waals surface area contributed by atoms with Gasteiger partial charge in [-0.2, -0.15) is 0 Å². The second-order valence-electron chi connectivity index (χ2n) is 5.45. The van der Waals surface area contributed by atoms with E-state index in [1.165, 1.54) is 0 Å². The second-order valence-corrected chi connectivity index (χ2v) is 5.45. The van der Waals surface area contributed by atoms with Gasteiger partial charge in [0.2, 0.25) is 0 Å². The summed E-state index contributed by atoms with van der Waals surface area (Å²) in [5.41, 5.74) is -0.476. The molecule has 0 aromatic rings. The molecular formula is C12H23NO4. The van der Waals surface area contributed by atoms with Crippen LogP contribution in [0.3, 0.4) is 0 Å². The predicted octanol–water partition coefficient (Wildman–Crippen LogP) is 1.16. The van der Waals surface area contributed by atoms with Crippen molar-refractivity contribution in [2.75, 3.05) is 26.4 Å². The Kier molecular flexibility index (Phi) is 5.21. The Morgan fingerprint density at radius 1 is 1.47 bits per heavy atom. The lowest BCUT2D eigenvalue weighted by molar-refractivity contribution is -0.00824. The summed E-state index contributed by atoms with van der Waals surface area (Å²) in [6, 6.07) is 0. The minimum absolute atomic E-state index is 0.0979. The second kappa shape index (κ2) is 6.21. The molecule has 0 radical (unpaired) electrons. The van der Waals surface area contributed by atoms with Crippen molar-refractivity contribution in [2.45, 2.75) is 32.8 Å². The van der Waals surface area contributed by atoms with E-state index in [0.29, 0.717) is 19.8 Å². The Morgan fingerprint density at radius 3 is 2.76 bits per heavy atom. The first-order chi connectivity index (χ1) is 7.92. The minimum atomic E-state index is -0.476. The smallest absolute Gasteiger partial charge is 0.407 e. The first-order valence-electron chi connectivity index (χ1n) is 6.08. The highest BCUT2D eigenvalue weighted by Gasteiger charge is 2.26. The number of carbonyl (C=O) groups excluding carboxylic acids is 1. The SMILES string of the molecule is CC(C)(C)OC(=O)NC[C@@H]1CCOC[C@@H]1CO. The van der Waals surface area contributed by atoms with Crippen molar-refractivity contribution in [1.29, 1.82) is 0 Å². The van der Waals surface area contributed by atoms with Crippen molar-refractivity contribution < 1.29 is 19.4 Å². The monoisotopic (exact) mass is 245 g/mol. The lowest BCUT2D eigenvalue weighted by atomic mass is 9.89. The van der Waals surface area contributed by atoms with Gasteiger partial charge in [-0.25, -0.2) is 4.79 Å². The van der Waals surface area contributed by atoms with Crippen LogP contribution in [0.5, 0.6) is 0 Å². The molecule has 0 aliphatic carbocycles. The van der Waals surface area contributed by atoms with Gasteiger partial charge in [0.1, 0.15) is 5.60 Å².